The summed E-state index contributed by atoms with van der Waals surface area (Å²) in [7, 11) is 0. The Hall–Kier alpha value is -2.29. The van der Waals surface area contributed by atoms with Gasteiger partial charge in [0.25, 0.3) is 0 Å². The van der Waals surface area contributed by atoms with Gasteiger partial charge in [-0.25, -0.2) is 9.97 Å². The predicted octanol–water partition coefficient (Wildman–Crippen LogP) is 3.63. The minimum Gasteiger partial charge on any atom is -0.489 e. The fourth-order valence-corrected chi connectivity index (χ4v) is 4.74. The number of carbonyl (C=O) groups is 1. The lowest BCUT2D eigenvalue weighted by Crippen LogP contribution is -2.35. The third kappa shape index (κ3) is 4.18. The van der Waals surface area contributed by atoms with Gasteiger partial charge in [0.1, 0.15) is 11.9 Å². The van der Waals surface area contributed by atoms with Crippen LogP contribution in [0, 0.1) is 13.8 Å². The van der Waals surface area contributed by atoms with Gasteiger partial charge in [-0.05, 0) is 26.0 Å². The first kappa shape index (κ1) is 18.1. The molecule has 0 saturated carbocycles. The van der Waals surface area contributed by atoms with Crippen LogP contribution in [0.4, 0.5) is 5.13 Å². The summed E-state index contributed by atoms with van der Waals surface area (Å²) in [6.45, 7) is 4.61. The van der Waals surface area contributed by atoms with E-state index in [-0.39, 0.29) is 18.1 Å². The van der Waals surface area contributed by atoms with Gasteiger partial charge in [-0.3, -0.25) is 4.79 Å². The van der Waals surface area contributed by atoms with Crippen molar-refractivity contribution in [2.75, 3.05) is 11.9 Å². The van der Waals surface area contributed by atoms with Gasteiger partial charge in [0, 0.05) is 18.3 Å². The molecule has 0 spiro atoms. The van der Waals surface area contributed by atoms with E-state index in [9.17, 15) is 4.79 Å². The number of para-hydroxylation sites is 1. The Kier molecular flexibility index (Phi) is 5.20. The summed E-state index contributed by atoms with van der Waals surface area (Å²) in [5, 5.41) is 9.73. The molecule has 6 nitrogen and oxygen atoms in total. The second-order valence-corrected chi connectivity index (χ2v) is 8.49. The van der Waals surface area contributed by atoms with Crippen molar-refractivity contribution in [3.8, 4) is 16.3 Å². The molecule has 1 amide bonds. The topological polar surface area (TPSA) is 76.1 Å². The quantitative estimate of drug-likeness (QED) is 0.684. The molecule has 0 radical (unpaired) electrons. The second kappa shape index (κ2) is 7.75. The molecular weight excluding hydrogens is 380 g/mol. The molecule has 1 fully saturated rings. The fourth-order valence-electron chi connectivity index (χ4n) is 3.08. The number of aryl methyl sites for hydroxylation is 2. The highest BCUT2D eigenvalue weighted by Crippen LogP contribution is 2.32. The molecular formula is C19H20N4O2S2. The average Bonchev–Trinajstić information content (AvgIpc) is 3.36. The van der Waals surface area contributed by atoms with Crippen LogP contribution in [0.2, 0.25) is 0 Å². The number of anilines is 1. The summed E-state index contributed by atoms with van der Waals surface area (Å²) in [4.78, 5) is 22.6. The zero-order valence-corrected chi connectivity index (χ0v) is 16.7. The molecule has 1 saturated heterocycles. The standard InChI is InChI=1S/C19H20N4O2S2/c1-11-17(27-12(2)21-11)16-10-26-19(22-16)23-18(24)15-8-14(9-20-15)25-13-6-4-3-5-7-13/h3-7,10,14-15,20H,8-9H2,1-2H3,(H,22,23,24)/t14-,15+/m1/s1. The van der Waals surface area contributed by atoms with Crippen LogP contribution < -0.4 is 15.4 Å². The van der Waals surface area contributed by atoms with Gasteiger partial charge in [0.2, 0.25) is 5.91 Å². The Morgan fingerprint density at radius 3 is 2.81 bits per heavy atom. The maximum atomic E-state index is 12.6. The number of nitrogens with zero attached hydrogens (tertiary/aromatic N) is 2. The number of hydrogen-bond acceptors (Lipinski definition) is 7. The van der Waals surface area contributed by atoms with Crippen LogP contribution in [0.1, 0.15) is 17.1 Å². The van der Waals surface area contributed by atoms with E-state index < -0.39 is 0 Å². The lowest BCUT2D eigenvalue weighted by atomic mass is 10.2. The Balaban J connectivity index is 1.35. The molecule has 1 aliphatic heterocycles. The molecule has 1 aromatic carbocycles. The van der Waals surface area contributed by atoms with Crippen molar-refractivity contribution in [1.29, 1.82) is 0 Å². The lowest BCUT2D eigenvalue weighted by molar-refractivity contribution is -0.117. The van der Waals surface area contributed by atoms with Crippen molar-refractivity contribution < 1.29 is 9.53 Å². The number of nitrogens with one attached hydrogen (secondary N) is 2. The highest BCUT2D eigenvalue weighted by molar-refractivity contribution is 7.16. The third-order valence-corrected chi connectivity index (χ3v) is 6.18. The van der Waals surface area contributed by atoms with Crippen LogP contribution in [-0.4, -0.2) is 34.6 Å². The number of rotatable bonds is 5. The number of hydrogen-bond donors (Lipinski definition) is 2. The summed E-state index contributed by atoms with van der Waals surface area (Å²) in [6, 6.07) is 9.40. The summed E-state index contributed by atoms with van der Waals surface area (Å²) in [5.41, 5.74) is 1.84. The van der Waals surface area contributed by atoms with Gasteiger partial charge >= 0.3 is 0 Å². The molecule has 2 atom stereocenters. The summed E-state index contributed by atoms with van der Waals surface area (Å²) < 4.78 is 5.92. The number of benzene rings is 1. The molecule has 4 rings (SSSR count). The first-order chi connectivity index (χ1) is 13.1. The number of thiazole rings is 2. The van der Waals surface area contributed by atoms with Gasteiger partial charge in [-0.1, -0.05) is 18.2 Å². The molecule has 2 aromatic heterocycles. The van der Waals surface area contributed by atoms with Crippen LogP contribution in [0.15, 0.2) is 35.7 Å². The number of ether oxygens (including phenoxy) is 1. The molecule has 140 valence electrons. The van der Waals surface area contributed by atoms with Gasteiger partial charge < -0.3 is 15.4 Å². The van der Waals surface area contributed by atoms with Crippen molar-refractivity contribution >= 4 is 33.7 Å². The molecule has 0 aliphatic carbocycles. The van der Waals surface area contributed by atoms with Crippen LogP contribution in [0.3, 0.4) is 0 Å². The zero-order valence-electron chi connectivity index (χ0n) is 15.1. The lowest BCUT2D eigenvalue weighted by Gasteiger charge is -2.12. The SMILES string of the molecule is Cc1nc(C)c(-c2csc(NC(=O)[C@@H]3C[C@@H](Oc4ccccc4)CN3)n2)s1. The Morgan fingerprint density at radius 2 is 2.07 bits per heavy atom. The van der Waals surface area contributed by atoms with E-state index >= 15 is 0 Å². The van der Waals surface area contributed by atoms with Crippen molar-refractivity contribution in [3.05, 3.63) is 46.4 Å². The van der Waals surface area contributed by atoms with E-state index in [4.69, 9.17) is 4.74 Å². The molecule has 3 heterocycles. The van der Waals surface area contributed by atoms with E-state index in [0.29, 0.717) is 18.1 Å². The highest BCUT2D eigenvalue weighted by atomic mass is 32.1. The van der Waals surface area contributed by atoms with E-state index in [1.807, 2.05) is 49.6 Å². The minimum atomic E-state index is -0.279. The second-order valence-electron chi connectivity index (χ2n) is 6.42. The summed E-state index contributed by atoms with van der Waals surface area (Å²) in [5.74, 6) is 0.748. The average molecular weight is 401 g/mol. The first-order valence-corrected chi connectivity index (χ1v) is 10.4. The molecule has 0 unspecified atom stereocenters. The molecule has 27 heavy (non-hydrogen) atoms. The smallest absolute Gasteiger partial charge is 0.243 e. The number of carbonyl (C=O) groups excluding carboxylic acids is 1. The van der Waals surface area contributed by atoms with Crippen molar-refractivity contribution in [3.63, 3.8) is 0 Å². The van der Waals surface area contributed by atoms with Crippen molar-refractivity contribution in [2.24, 2.45) is 0 Å². The first-order valence-electron chi connectivity index (χ1n) is 8.74. The van der Waals surface area contributed by atoms with Crippen LogP contribution >= 0.6 is 22.7 Å². The van der Waals surface area contributed by atoms with Crippen LogP contribution in [-0.2, 0) is 4.79 Å². The van der Waals surface area contributed by atoms with Gasteiger partial charge in [0.05, 0.1) is 27.3 Å². The van der Waals surface area contributed by atoms with Crippen LogP contribution in [0.5, 0.6) is 5.75 Å². The Bertz CT molecular complexity index is 938. The van der Waals surface area contributed by atoms with E-state index in [0.717, 1.165) is 27.0 Å². The van der Waals surface area contributed by atoms with Crippen LogP contribution in [0.25, 0.3) is 10.6 Å². The highest BCUT2D eigenvalue weighted by Gasteiger charge is 2.31. The minimum absolute atomic E-state index is 0.0159. The van der Waals surface area contributed by atoms with E-state index in [2.05, 4.69) is 20.6 Å². The molecule has 8 heteroatoms. The van der Waals surface area contributed by atoms with Crippen molar-refractivity contribution in [1.82, 2.24) is 15.3 Å². The van der Waals surface area contributed by atoms with E-state index in [1.165, 1.54) is 11.3 Å². The third-order valence-electron chi connectivity index (χ3n) is 4.32. The number of amides is 1. The maximum absolute atomic E-state index is 12.6. The summed E-state index contributed by atoms with van der Waals surface area (Å²) >= 11 is 3.05. The Labute approximate surface area is 165 Å². The van der Waals surface area contributed by atoms with Gasteiger partial charge in [0.15, 0.2) is 5.13 Å². The van der Waals surface area contributed by atoms with Gasteiger partial charge in [-0.2, -0.15) is 0 Å². The number of aromatic nitrogens is 2. The molecule has 1 aliphatic rings. The molecule has 0 bridgehead atoms. The largest absolute Gasteiger partial charge is 0.489 e. The zero-order chi connectivity index (χ0) is 18.8. The Morgan fingerprint density at radius 1 is 1.26 bits per heavy atom. The van der Waals surface area contributed by atoms with Crippen molar-refractivity contribution in [2.45, 2.75) is 32.4 Å². The monoisotopic (exact) mass is 400 g/mol. The van der Waals surface area contributed by atoms with Gasteiger partial charge in [-0.15, -0.1) is 22.7 Å². The maximum Gasteiger partial charge on any atom is 0.243 e. The normalized spacial score (nSPS) is 19.2. The molecule has 3 aromatic rings. The molecule has 2 N–H and O–H groups in total. The summed E-state index contributed by atoms with van der Waals surface area (Å²) in [6.07, 6.45) is 0.615. The predicted molar refractivity (Wildman–Crippen MR) is 109 cm³/mol. The fraction of sp³-hybridized carbons (Fsp3) is 0.316. The van der Waals surface area contributed by atoms with E-state index in [1.54, 1.807) is 11.3 Å².